The molecule has 170 valence electrons. The van der Waals surface area contributed by atoms with Crippen molar-refractivity contribution < 1.29 is 28.3 Å². The van der Waals surface area contributed by atoms with Crippen LogP contribution in [0.3, 0.4) is 0 Å². The minimum absolute atomic E-state index is 0.000811. The number of nitrogens with zero attached hydrogens (tertiary/aromatic N) is 1. The number of carbonyl (C=O) groups excluding carboxylic acids is 2. The number of anilines is 1. The van der Waals surface area contributed by atoms with Crippen molar-refractivity contribution in [3.8, 4) is 21.9 Å². The molecule has 0 aliphatic rings. The quantitative estimate of drug-likeness (QED) is 0.368. The Kier molecular flexibility index (Phi) is 6.60. The molecule has 2 aromatic heterocycles. The van der Waals surface area contributed by atoms with Gasteiger partial charge in [-0.2, -0.15) is 0 Å². The Morgan fingerprint density at radius 2 is 1.85 bits per heavy atom. The van der Waals surface area contributed by atoms with Gasteiger partial charge in [0.15, 0.2) is 17.1 Å². The van der Waals surface area contributed by atoms with E-state index in [1.165, 1.54) is 11.3 Å². The van der Waals surface area contributed by atoms with Crippen molar-refractivity contribution in [3.63, 3.8) is 0 Å². The lowest BCUT2D eigenvalue weighted by atomic mass is 10.1. The van der Waals surface area contributed by atoms with Gasteiger partial charge in [-0.3, -0.25) is 4.79 Å². The third kappa shape index (κ3) is 4.68. The number of rotatable bonds is 8. The molecule has 0 aliphatic heterocycles. The predicted octanol–water partition coefficient (Wildman–Crippen LogP) is 4.93. The van der Waals surface area contributed by atoms with Gasteiger partial charge >= 0.3 is 5.97 Å². The van der Waals surface area contributed by atoms with Gasteiger partial charge in [-0.05, 0) is 48.9 Å². The zero-order chi connectivity index (χ0) is 23.4. The third-order valence-electron chi connectivity index (χ3n) is 4.92. The van der Waals surface area contributed by atoms with Gasteiger partial charge in [0.2, 0.25) is 5.91 Å². The number of hydrogen-bond donors (Lipinski definition) is 1. The van der Waals surface area contributed by atoms with E-state index in [0.717, 1.165) is 15.8 Å². The SMILES string of the molecule is CCOC(=O)c1sc(-c2ccc(OC)c(OC)c2)cc1NC(=O)Cc1noc2ccccc12. The maximum atomic E-state index is 12.8. The van der Waals surface area contributed by atoms with Crippen molar-refractivity contribution in [1.29, 1.82) is 0 Å². The molecule has 0 radical (unpaired) electrons. The van der Waals surface area contributed by atoms with Crippen LogP contribution in [-0.2, 0) is 16.0 Å². The summed E-state index contributed by atoms with van der Waals surface area (Å²) in [5.74, 6) is 0.328. The lowest BCUT2D eigenvalue weighted by Gasteiger charge is -2.08. The molecular weight excluding hydrogens is 444 g/mol. The predicted molar refractivity (Wildman–Crippen MR) is 125 cm³/mol. The number of ether oxygens (including phenoxy) is 3. The molecule has 0 unspecified atom stereocenters. The van der Waals surface area contributed by atoms with E-state index in [9.17, 15) is 9.59 Å². The van der Waals surface area contributed by atoms with Crippen LogP contribution in [0, 0.1) is 0 Å². The van der Waals surface area contributed by atoms with Crippen molar-refractivity contribution in [3.05, 3.63) is 59.1 Å². The summed E-state index contributed by atoms with van der Waals surface area (Å²) in [7, 11) is 3.12. The Morgan fingerprint density at radius 3 is 2.61 bits per heavy atom. The minimum Gasteiger partial charge on any atom is -0.493 e. The highest BCUT2D eigenvalue weighted by Crippen LogP contribution is 2.39. The van der Waals surface area contributed by atoms with Gasteiger partial charge in [-0.15, -0.1) is 11.3 Å². The topological polar surface area (TPSA) is 99.9 Å². The van der Waals surface area contributed by atoms with Gasteiger partial charge in [0.05, 0.1) is 32.9 Å². The second kappa shape index (κ2) is 9.74. The average molecular weight is 467 g/mol. The Balaban J connectivity index is 1.63. The number of benzene rings is 2. The van der Waals surface area contributed by atoms with Crippen molar-refractivity contribution in [2.75, 3.05) is 26.1 Å². The van der Waals surface area contributed by atoms with Crippen LogP contribution in [0.2, 0.25) is 0 Å². The zero-order valence-electron chi connectivity index (χ0n) is 18.3. The number of carbonyl (C=O) groups is 2. The molecule has 0 spiro atoms. The zero-order valence-corrected chi connectivity index (χ0v) is 19.2. The normalized spacial score (nSPS) is 10.8. The highest BCUT2D eigenvalue weighted by Gasteiger charge is 2.21. The molecule has 9 heteroatoms. The Hall–Kier alpha value is -3.85. The van der Waals surface area contributed by atoms with Crippen molar-refractivity contribution in [1.82, 2.24) is 5.16 Å². The molecule has 0 fully saturated rings. The highest BCUT2D eigenvalue weighted by atomic mass is 32.1. The van der Waals surface area contributed by atoms with Crippen LogP contribution < -0.4 is 14.8 Å². The van der Waals surface area contributed by atoms with Gasteiger partial charge in [-0.1, -0.05) is 17.3 Å². The minimum atomic E-state index is -0.503. The molecule has 8 nitrogen and oxygen atoms in total. The second-order valence-electron chi connectivity index (χ2n) is 6.99. The first-order valence-electron chi connectivity index (χ1n) is 10.2. The molecule has 0 atom stereocenters. The van der Waals surface area contributed by atoms with Crippen LogP contribution in [-0.4, -0.2) is 37.9 Å². The van der Waals surface area contributed by atoms with Gasteiger partial charge in [0.1, 0.15) is 10.6 Å². The summed E-state index contributed by atoms with van der Waals surface area (Å²) in [6.07, 6.45) is 0.000811. The fourth-order valence-electron chi connectivity index (χ4n) is 3.38. The van der Waals surface area contributed by atoms with Crippen LogP contribution >= 0.6 is 11.3 Å². The monoisotopic (exact) mass is 466 g/mol. The summed E-state index contributed by atoms with van der Waals surface area (Å²) in [5.41, 5.74) is 2.32. The van der Waals surface area contributed by atoms with Crippen LogP contribution in [0.5, 0.6) is 11.5 Å². The van der Waals surface area contributed by atoms with Crippen LogP contribution in [0.25, 0.3) is 21.4 Å². The lowest BCUT2D eigenvalue weighted by molar-refractivity contribution is -0.115. The molecule has 33 heavy (non-hydrogen) atoms. The number of nitrogens with one attached hydrogen (secondary N) is 1. The summed E-state index contributed by atoms with van der Waals surface area (Å²) in [5, 5.41) is 7.60. The first-order chi connectivity index (χ1) is 16.0. The van der Waals surface area contributed by atoms with E-state index in [0.29, 0.717) is 33.3 Å². The third-order valence-corrected chi connectivity index (χ3v) is 6.08. The Bertz CT molecular complexity index is 1310. The van der Waals surface area contributed by atoms with Gasteiger partial charge < -0.3 is 24.1 Å². The summed E-state index contributed by atoms with van der Waals surface area (Å²) in [6, 6.07) is 14.5. The first-order valence-corrected chi connectivity index (χ1v) is 11.0. The number of amides is 1. The largest absolute Gasteiger partial charge is 0.493 e. The summed E-state index contributed by atoms with van der Waals surface area (Å²) in [6.45, 7) is 1.95. The standard InChI is InChI=1S/C24H22N2O6S/c1-4-31-24(28)23-17(12-21(33-23)14-9-10-19(29-2)20(11-14)30-3)25-22(27)13-16-15-7-5-6-8-18(15)32-26-16/h5-12H,4,13H2,1-3H3,(H,25,27). The second-order valence-corrected chi connectivity index (χ2v) is 8.05. The molecule has 1 N–H and O–H groups in total. The number of hydrogen-bond acceptors (Lipinski definition) is 8. The molecule has 2 heterocycles. The van der Waals surface area contributed by atoms with E-state index in [4.69, 9.17) is 18.7 Å². The Labute approximate surface area is 194 Å². The van der Waals surface area contributed by atoms with Crippen LogP contribution in [0.4, 0.5) is 5.69 Å². The average Bonchev–Trinajstić information content (AvgIpc) is 3.43. The van der Waals surface area contributed by atoms with E-state index in [2.05, 4.69) is 10.5 Å². The molecule has 4 rings (SSSR count). The summed E-state index contributed by atoms with van der Waals surface area (Å²) >= 11 is 1.23. The number of fused-ring (bicyclic) bond motifs is 1. The van der Waals surface area contributed by atoms with Crippen molar-refractivity contribution >= 4 is 39.9 Å². The number of esters is 1. The maximum Gasteiger partial charge on any atom is 0.350 e. The van der Waals surface area contributed by atoms with E-state index in [1.54, 1.807) is 39.3 Å². The molecule has 1 amide bonds. The maximum absolute atomic E-state index is 12.8. The van der Waals surface area contributed by atoms with Crippen molar-refractivity contribution in [2.45, 2.75) is 13.3 Å². The molecule has 0 aliphatic carbocycles. The molecule has 0 saturated heterocycles. The molecule has 2 aromatic carbocycles. The molecular formula is C24H22N2O6S. The fraction of sp³-hybridized carbons (Fsp3) is 0.208. The van der Waals surface area contributed by atoms with Crippen molar-refractivity contribution in [2.24, 2.45) is 0 Å². The summed E-state index contributed by atoms with van der Waals surface area (Å²) < 4.78 is 21.1. The summed E-state index contributed by atoms with van der Waals surface area (Å²) in [4.78, 5) is 26.5. The van der Waals surface area contributed by atoms with E-state index < -0.39 is 5.97 Å². The number of methoxy groups -OCH3 is 2. The molecule has 0 saturated carbocycles. The van der Waals surface area contributed by atoms with E-state index in [1.807, 2.05) is 30.3 Å². The number of aromatic nitrogens is 1. The molecule has 0 bridgehead atoms. The van der Waals surface area contributed by atoms with Gasteiger partial charge in [0, 0.05) is 10.3 Å². The Morgan fingerprint density at radius 1 is 1.06 bits per heavy atom. The highest BCUT2D eigenvalue weighted by molar-refractivity contribution is 7.18. The van der Waals surface area contributed by atoms with E-state index in [-0.39, 0.29) is 18.9 Å². The van der Waals surface area contributed by atoms with E-state index >= 15 is 0 Å². The van der Waals surface area contributed by atoms with Gasteiger partial charge in [0.25, 0.3) is 0 Å². The number of thiophene rings is 1. The van der Waals surface area contributed by atoms with Crippen LogP contribution in [0.1, 0.15) is 22.3 Å². The first kappa shape index (κ1) is 22.3. The van der Waals surface area contributed by atoms with Crippen LogP contribution in [0.15, 0.2) is 53.1 Å². The number of para-hydroxylation sites is 1. The fourth-order valence-corrected chi connectivity index (χ4v) is 4.38. The van der Waals surface area contributed by atoms with Gasteiger partial charge in [-0.25, -0.2) is 4.79 Å². The smallest absolute Gasteiger partial charge is 0.350 e. The molecule has 4 aromatic rings. The lowest BCUT2D eigenvalue weighted by Crippen LogP contribution is -2.16.